The molecule has 0 amide bonds. The third-order valence-electron chi connectivity index (χ3n) is 3.52. The Balaban J connectivity index is 1.88. The van der Waals surface area contributed by atoms with Crippen LogP contribution < -0.4 is 5.32 Å². The molecule has 1 fully saturated rings. The predicted octanol–water partition coefficient (Wildman–Crippen LogP) is 3.22. The summed E-state index contributed by atoms with van der Waals surface area (Å²) in [5.74, 6) is 0. The molecule has 0 saturated heterocycles. The minimum atomic E-state index is 0.571. The number of ether oxygens (including phenoxy) is 1. The molecule has 5 heteroatoms. The van der Waals surface area contributed by atoms with E-state index in [1.165, 1.54) is 17.7 Å². The van der Waals surface area contributed by atoms with Crippen molar-refractivity contribution in [3.63, 3.8) is 0 Å². The van der Waals surface area contributed by atoms with Gasteiger partial charge in [0, 0.05) is 41.5 Å². The Morgan fingerprint density at radius 2 is 1.95 bits per heavy atom. The summed E-state index contributed by atoms with van der Waals surface area (Å²) >= 11 is 1.76. The second-order valence-electron chi connectivity index (χ2n) is 5.62. The fraction of sp³-hybridized carbons (Fsp3) is 0.500. The van der Waals surface area contributed by atoms with Crippen molar-refractivity contribution in [2.75, 3.05) is 7.11 Å². The van der Waals surface area contributed by atoms with Crippen LogP contribution in [0.1, 0.15) is 34.8 Å². The van der Waals surface area contributed by atoms with E-state index >= 15 is 0 Å². The van der Waals surface area contributed by atoms with Crippen molar-refractivity contribution in [2.24, 2.45) is 0 Å². The van der Waals surface area contributed by atoms with Gasteiger partial charge in [-0.3, -0.25) is 4.98 Å². The summed E-state index contributed by atoms with van der Waals surface area (Å²) in [6, 6.07) is 4.90. The number of pyridine rings is 1. The van der Waals surface area contributed by atoms with E-state index in [2.05, 4.69) is 22.4 Å². The summed E-state index contributed by atoms with van der Waals surface area (Å²) in [6.45, 7) is 5.51. The first-order chi connectivity index (χ1) is 10.2. The van der Waals surface area contributed by atoms with Gasteiger partial charge in [0.2, 0.25) is 0 Å². The Hall–Kier alpha value is -1.30. The Morgan fingerprint density at radius 1 is 1.24 bits per heavy atom. The zero-order valence-corrected chi connectivity index (χ0v) is 13.6. The molecule has 0 aromatic carbocycles. The number of aryl methyl sites for hydroxylation is 2. The molecule has 1 aliphatic carbocycles. The van der Waals surface area contributed by atoms with Crippen LogP contribution in [-0.4, -0.2) is 23.1 Å². The van der Waals surface area contributed by atoms with Gasteiger partial charge in [-0.1, -0.05) is 0 Å². The summed E-state index contributed by atoms with van der Waals surface area (Å²) in [5.41, 5.74) is 4.27. The zero-order chi connectivity index (χ0) is 14.8. The SMILES string of the molecule is COCc1nc(-c2cc(C)nc(C)c2)sc1CNC1CC1. The topological polar surface area (TPSA) is 47.0 Å². The van der Waals surface area contributed by atoms with Gasteiger partial charge < -0.3 is 10.1 Å². The molecule has 3 rings (SSSR count). The van der Waals surface area contributed by atoms with Crippen LogP contribution in [0, 0.1) is 13.8 Å². The minimum absolute atomic E-state index is 0.571. The van der Waals surface area contributed by atoms with Gasteiger partial charge in [0.25, 0.3) is 0 Å². The van der Waals surface area contributed by atoms with Gasteiger partial charge in [0.1, 0.15) is 5.01 Å². The third kappa shape index (κ3) is 3.67. The lowest BCUT2D eigenvalue weighted by molar-refractivity contribution is 0.181. The van der Waals surface area contributed by atoms with E-state index in [1.54, 1.807) is 18.4 Å². The molecule has 4 nitrogen and oxygen atoms in total. The monoisotopic (exact) mass is 303 g/mol. The van der Waals surface area contributed by atoms with Crippen LogP contribution in [0.2, 0.25) is 0 Å². The van der Waals surface area contributed by atoms with Gasteiger partial charge >= 0.3 is 0 Å². The summed E-state index contributed by atoms with van der Waals surface area (Å²) < 4.78 is 5.29. The summed E-state index contributed by atoms with van der Waals surface area (Å²) in [6.07, 6.45) is 2.60. The van der Waals surface area contributed by atoms with E-state index < -0.39 is 0 Å². The lowest BCUT2D eigenvalue weighted by Gasteiger charge is -2.02. The van der Waals surface area contributed by atoms with Crippen LogP contribution in [-0.2, 0) is 17.9 Å². The van der Waals surface area contributed by atoms with Gasteiger partial charge in [-0.25, -0.2) is 4.98 Å². The molecular formula is C16H21N3OS. The highest BCUT2D eigenvalue weighted by atomic mass is 32.1. The van der Waals surface area contributed by atoms with Gasteiger partial charge in [0.05, 0.1) is 12.3 Å². The first-order valence-electron chi connectivity index (χ1n) is 7.32. The smallest absolute Gasteiger partial charge is 0.124 e. The van der Waals surface area contributed by atoms with E-state index in [4.69, 9.17) is 9.72 Å². The first kappa shape index (κ1) is 14.6. The van der Waals surface area contributed by atoms with Crippen molar-refractivity contribution in [1.82, 2.24) is 15.3 Å². The number of methoxy groups -OCH3 is 1. The van der Waals surface area contributed by atoms with E-state index in [-0.39, 0.29) is 0 Å². The maximum Gasteiger partial charge on any atom is 0.124 e. The lowest BCUT2D eigenvalue weighted by atomic mass is 10.2. The van der Waals surface area contributed by atoms with Gasteiger partial charge in [-0.2, -0.15) is 0 Å². The largest absolute Gasteiger partial charge is 0.378 e. The first-order valence-corrected chi connectivity index (χ1v) is 8.14. The number of hydrogen-bond acceptors (Lipinski definition) is 5. The molecule has 0 radical (unpaired) electrons. The summed E-state index contributed by atoms with van der Waals surface area (Å²) in [4.78, 5) is 10.5. The van der Waals surface area contributed by atoms with Crippen LogP contribution in [0.4, 0.5) is 0 Å². The zero-order valence-electron chi connectivity index (χ0n) is 12.8. The van der Waals surface area contributed by atoms with Crippen molar-refractivity contribution < 1.29 is 4.74 Å². The lowest BCUT2D eigenvalue weighted by Crippen LogP contribution is -2.15. The highest BCUT2D eigenvalue weighted by Crippen LogP contribution is 2.30. The number of rotatable bonds is 6. The standard InChI is InChI=1S/C16H21N3OS/c1-10-6-12(7-11(2)18-10)16-19-14(9-20-3)15(21-16)8-17-13-4-5-13/h6-7,13,17H,4-5,8-9H2,1-3H3. The molecule has 2 aromatic rings. The van der Waals surface area contributed by atoms with E-state index in [1.807, 2.05) is 13.8 Å². The maximum atomic E-state index is 5.29. The number of thiazole rings is 1. The molecule has 0 spiro atoms. The Morgan fingerprint density at radius 3 is 2.57 bits per heavy atom. The quantitative estimate of drug-likeness (QED) is 0.890. The van der Waals surface area contributed by atoms with Crippen molar-refractivity contribution in [2.45, 2.75) is 45.9 Å². The van der Waals surface area contributed by atoms with Crippen LogP contribution in [0.5, 0.6) is 0 Å². The molecule has 0 unspecified atom stereocenters. The molecular weight excluding hydrogens is 282 g/mol. The average molecular weight is 303 g/mol. The highest BCUT2D eigenvalue weighted by molar-refractivity contribution is 7.15. The van der Waals surface area contributed by atoms with Crippen LogP contribution in [0.25, 0.3) is 10.6 Å². The molecule has 0 aliphatic heterocycles. The molecule has 0 bridgehead atoms. The molecule has 1 aliphatic rings. The molecule has 0 atom stereocenters. The van der Waals surface area contributed by atoms with Crippen LogP contribution in [0.3, 0.4) is 0 Å². The number of hydrogen-bond donors (Lipinski definition) is 1. The van der Waals surface area contributed by atoms with Gasteiger partial charge in [-0.15, -0.1) is 11.3 Å². The molecule has 1 saturated carbocycles. The molecule has 2 heterocycles. The van der Waals surface area contributed by atoms with Crippen molar-refractivity contribution in [3.05, 3.63) is 34.1 Å². The van der Waals surface area contributed by atoms with Crippen molar-refractivity contribution >= 4 is 11.3 Å². The van der Waals surface area contributed by atoms with E-state index in [0.717, 1.165) is 34.2 Å². The van der Waals surface area contributed by atoms with Crippen LogP contribution >= 0.6 is 11.3 Å². The van der Waals surface area contributed by atoms with Gasteiger partial charge in [0.15, 0.2) is 0 Å². The van der Waals surface area contributed by atoms with Crippen molar-refractivity contribution in [1.29, 1.82) is 0 Å². The number of nitrogens with zero attached hydrogens (tertiary/aromatic N) is 2. The predicted molar refractivity (Wildman–Crippen MR) is 85.4 cm³/mol. The highest BCUT2D eigenvalue weighted by Gasteiger charge is 2.21. The summed E-state index contributed by atoms with van der Waals surface area (Å²) in [7, 11) is 1.72. The fourth-order valence-corrected chi connectivity index (χ4v) is 3.38. The minimum Gasteiger partial charge on any atom is -0.378 e. The van der Waals surface area contributed by atoms with Crippen LogP contribution in [0.15, 0.2) is 12.1 Å². The normalized spacial score (nSPS) is 14.6. The molecule has 1 N–H and O–H groups in total. The molecule has 112 valence electrons. The Labute approximate surface area is 129 Å². The second-order valence-corrected chi connectivity index (χ2v) is 6.70. The number of nitrogens with one attached hydrogen (secondary N) is 1. The van der Waals surface area contributed by atoms with Gasteiger partial charge in [-0.05, 0) is 38.8 Å². The summed E-state index contributed by atoms with van der Waals surface area (Å²) in [5, 5.41) is 4.62. The second kappa shape index (κ2) is 6.22. The molecule has 2 aromatic heterocycles. The third-order valence-corrected chi connectivity index (χ3v) is 4.66. The average Bonchev–Trinajstić information content (AvgIpc) is 3.17. The fourth-order valence-electron chi connectivity index (χ4n) is 2.38. The van der Waals surface area contributed by atoms with Crippen molar-refractivity contribution in [3.8, 4) is 10.6 Å². The maximum absolute atomic E-state index is 5.29. The molecule has 21 heavy (non-hydrogen) atoms. The number of aromatic nitrogens is 2. The Kier molecular flexibility index (Phi) is 4.33. The Bertz CT molecular complexity index is 614. The van der Waals surface area contributed by atoms with E-state index in [9.17, 15) is 0 Å². The van der Waals surface area contributed by atoms with E-state index in [0.29, 0.717) is 12.6 Å².